The highest BCUT2D eigenvalue weighted by atomic mass is 32.1. The lowest BCUT2D eigenvalue weighted by molar-refractivity contribution is -0.137. The van der Waals surface area contributed by atoms with Gasteiger partial charge < -0.3 is 14.7 Å². The molecule has 2 fully saturated rings. The first-order valence-electron chi connectivity index (χ1n) is 10.5. The van der Waals surface area contributed by atoms with Crippen molar-refractivity contribution in [3.05, 3.63) is 41.5 Å². The van der Waals surface area contributed by atoms with E-state index in [1.807, 2.05) is 0 Å². The summed E-state index contributed by atoms with van der Waals surface area (Å²) in [7, 11) is 0. The van der Waals surface area contributed by atoms with E-state index in [9.17, 15) is 9.18 Å². The Balaban J connectivity index is 1.28. The molecule has 2 saturated heterocycles. The summed E-state index contributed by atoms with van der Waals surface area (Å²) >= 11 is 1.41. The Morgan fingerprint density at radius 3 is 2.45 bits per heavy atom. The van der Waals surface area contributed by atoms with Gasteiger partial charge in [-0.1, -0.05) is 19.1 Å². The quantitative estimate of drug-likeness (QED) is 0.749. The first-order valence-corrected chi connectivity index (χ1v) is 11.2. The zero-order chi connectivity index (χ0) is 20.2. The summed E-state index contributed by atoms with van der Waals surface area (Å²) in [6.45, 7) is 8.61. The molecule has 0 aliphatic carbocycles. The van der Waals surface area contributed by atoms with E-state index in [1.165, 1.54) is 23.7 Å². The molecule has 156 valence electrons. The van der Waals surface area contributed by atoms with Crippen LogP contribution in [-0.2, 0) is 11.2 Å². The number of hydrogen-bond donors (Lipinski definition) is 0. The molecule has 29 heavy (non-hydrogen) atoms. The lowest BCUT2D eigenvalue weighted by atomic mass is 9.95. The molecule has 2 aliphatic rings. The molecule has 1 amide bonds. The lowest BCUT2D eigenvalue weighted by Gasteiger charge is -2.38. The Bertz CT molecular complexity index is 811. The summed E-state index contributed by atoms with van der Waals surface area (Å²) in [5, 5.41) is 0.921. The lowest BCUT2D eigenvalue weighted by Crippen LogP contribution is -2.51. The Kier molecular flexibility index (Phi) is 6.40. The largest absolute Gasteiger partial charge is 0.347 e. The number of anilines is 1. The molecule has 1 aromatic carbocycles. The van der Waals surface area contributed by atoms with Gasteiger partial charge in [0.15, 0.2) is 0 Å². The third kappa shape index (κ3) is 4.93. The topological polar surface area (TPSA) is 52.6 Å². The van der Waals surface area contributed by atoms with Crippen molar-refractivity contribution in [2.24, 2.45) is 5.92 Å². The van der Waals surface area contributed by atoms with E-state index in [0.29, 0.717) is 12.3 Å². The van der Waals surface area contributed by atoms with Crippen LogP contribution in [0.2, 0.25) is 0 Å². The second kappa shape index (κ2) is 9.17. The molecule has 0 spiro atoms. The highest BCUT2D eigenvalue weighted by Gasteiger charge is 2.31. The number of piperazine rings is 1. The fraction of sp³-hybridized carbons (Fsp3) is 0.571. The Hall–Kier alpha value is -2.06. The average molecular weight is 418 g/mol. The summed E-state index contributed by atoms with van der Waals surface area (Å²) in [5.74, 6) is 0.995. The number of carbonyl (C=O) groups excluding carboxylic acids is 1. The van der Waals surface area contributed by atoms with Crippen LogP contribution in [0.1, 0.15) is 31.2 Å². The standard InChI is InChI=1S/C21H28FN5OS/c1-2-25-11-13-26(14-12-25)20(28)17-7-9-27(10-8-17)21-23-19(24-29-21)15-16-3-5-18(22)6-4-16/h3-6,17H,2,7-15H2,1H3. The molecular formula is C21H28FN5OS. The van der Waals surface area contributed by atoms with Gasteiger partial charge in [0, 0.05) is 63.1 Å². The number of carbonyl (C=O) groups is 1. The summed E-state index contributed by atoms with van der Waals surface area (Å²) < 4.78 is 17.5. The summed E-state index contributed by atoms with van der Waals surface area (Å²) in [5.41, 5.74) is 1.00. The highest BCUT2D eigenvalue weighted by molar-refractivity contribution is 7.09. The van der Waals surface area contributed by atoms with Gasteiger partial charge in [0.2, 0.25) is 11.0 Å². The number of benzene rings is 1. The van der Waals surface area contributed by atoms with Crippen LogP contribution in [0.4, 0.5) is 9.52 Å². The monoisotopic (exact) mass is 417 g/mol. The van der Waals surface area contributed by atoms with Crippen LogP contribution in [-0.4, -0.2) is 70.9 Å². The molecule has 0 bridgehead atoms. The highest BCUT2D eigenvalue weighted by Crippen LogP contribution is 2.26. The molecule has 8 heteroatoms. The van der Waals surface area contributed by atoms with Crippen LogP contribution < -0.4 is 4.90 Å². The van der Waals surface area contributed by atoms with E-state index in [1.54, 1.807) is 12.1 Å². The van der Waals surface area contributed by atoms with E-state index in [4.69, 9.17) is 0 Å². The normalized spacial score (nSPS) is 19.0. The zero-order valence-electron chi connectivity index (χ0n) is 16.9. The maximum atomic E-state index is 13.0. The van der Waals surface area contributed by atoms with Gasteiger partial charge in [-0.2, -0.15) is 4.37 Å². The molecule has 2 aliphatic heterocycles. The first-order chi connectivity index (χ1) is 14.1. The minimum Gasteiger partial charge on any atom is -0.347 e. The van der Waals surface area contributed by atoms with Crippen molar-refractivity contribution >= 4 is 22.6 Å². The van der Waals surface area contributed by atoms with Crippen molar-refractivity contribution in [2.45, 2.75) is 26.2 Å². The predicted molar refractivity (Wildman–Crippen MR) is 113 cm³/mol. The Morgan fingerprint density at radius 1 is 1.10 bits per heavy atom. The van der Waals surface area contributed by atoms with Crippen molar-refractivity contribution < 1.29 is 9.18 Å². The van der Waals surface area contributed by atoms with E-state index in [-0.39, 0.29) is 11.7 Å². The molecule has 1 aromatic heterocycles. The number of aromatic nitrogens is 2. The molecule has 4 rings (SSSR count). The van der Waals surface area contributed by atoms with Gasteiger partial charge in [0.05, 0.1) is 0 Å². The third-order valence-corrected chi connectivity index (χ3v) is 6.79. The number of halogens is 1. The molecule has 0 atom stereocenters. The number of piperidine rings is 1. The molecule has 0 radical (unpaired) electrons. The van der Waals surface area contributed by atoms with Gasteiger partial charge in [-0.15, -0.1) is 0 Å². The van der Waals surface area contributed by atoms with Gasteiger partial charge in [-0.05, 0) is 37.1 Å². The molecule has 6 nitrogen and oxygen atoms in total. The van der Waals surface area contributed by atoms with Crippen LogP contribution in [0.25, 0.3) is 0 Å². The van der Waals surface area contributed by atoms with Crippen LogP contribution in [0.3, 0.4) is 0 Å². The van der Waals surface area contributed by atoms with E-state index < -0.39 is 0 Å². The molecule has 0 N–H and O–H groups in total. The maximum absolute atomic E-state index is 13.0. The smallest absolute Gasteiger partial charge is 0.225 e. The second-order valence-corrected chi connectivity index (χ2v) is 8.55. The molecule has 2 aromatic rings. The summed E-state index contributed by atoms with van der Waals surface area (Å²) in [6, 6.07) is 6.47. The van der Waals surface area contributed by atoms with E-state index in [2.05, 4.69) is 31.0 Å². The molecule has 0 saturated carbocycles. The van der Waals surface area contributed by atoms with Crippen molar-refractivity contribution in [2.75, 3.05) is 50.7 Å². The third-order valence-electron chi connectivity index (χ3n) is 5.98. The van der Waals surface area contributed by atoms with Gasteiger partial charge in [-0.25, -0.2) is 9.37 Å². The first kappa shape index (κ1) is 20.2. The van der Waals surface area contributed by atoms with Crippen molar-refractivity contribution in [3.63, 3.8) is 0 Å². The number of likely N-dealkylation sites (N-methyl/N-ethyl adjacent to an activating group) is 1. The Morgan fingerprint density at radius 2 is 1.79 bits per heavy atom. The average Bonchev–Trinajstić information content (AvgIpc) is 3.23. The van der Waals surface area contributed by atoms with Gasteiger partial charge in [0.1, 0.15) is 11.6 Å². The second-order valence-electron chi connectivity index (χ2n) is 7.82. The molecule has 3 heterocycles. The van der Waals surface area contributed by atoms with Gasteiger partial charge >= 0.3 is 0 Å². The summed E-state index contributed by atoms with van der Waals surface area (Å²) in [4.78, 5) is 24.2. The minimum absolute atomic E-state index is 0.131. The summed E-state index contributed by atoms with van der Waals surface area (Å²) in [6.07, 6.45) is 2.36. The van der Waals surface area contributed by atoms with Crippen molar-refractivity contribution in [1.29, 1.82) is 0 Å². The van der Waals surface area contributed by atoms with Crippen LogP contribution in [0.15, 0.2) is 24.3 Å². The van der Waals surface area contributed by atoms with Gasteiger partial charge in [0.25, 0.3) is 0 Å². The van der Waals surface area contributed by atoms with Gasteiger partial charge in [-0.3, -0.25) is 4.79 Å². The fourth-order valence-corrected chi connectivity index (χ4v) is 4.83. The molecule has 0 unspecified atom stereocenters. The van der Waals surface area contributed by atoms with E-state index >= 15 is 0 Å². The maximum Gasteiger partial charge on any atom is 0.225 e. The van der Waals surface area contributed by atoms with Crippen LogP contribution in [0, 0.1) is 11.7 Å². The van der Waals surface area contributed by atoms with Crippen LogP contribution in [0.5, 0.6) is 0 Å². The number of nitrogens with zero attached hydrogens (tertiary/aromatic N) is 5. The minimum atomic E-state index is -0.231. The number of hydrogen-bond acceptors (Lipinski definition) is 6. The van der Waals surface area contributed by atoms with Crippen molar-refractivity contribution in [3.8, 4) is 0 Å². The zero-order valence-corrected chi connectivity index (χ0v) is 17.7. The SMILES string of the molecule is CCN1CCN(C(=O)C2CCN(c3nc(Cc4ccc(F)cc4)ns3)CC2)CC1. The molecular weight excluding hydrogens is 389 g/mol. The predicted octanol–water partition coefficient (Wildman–Crippen LogP) is 2.65. The number of amides is 1. The van der Waals surface area contributed by atoms with Crippen molar-refractivity contribution in [1.82, 2.24) is 19.2 Å². The fourth-order valence-electron chi connectivity index (χ4n) is 4.09. The van der Waals surface area contributed by atoms with E-state index in [0.717, 1.165) is 75.2 Å². The number of rotatable bonds is 5. The van der Waals surface area contributed by atoms with Crippen LogP contribution >= 0.6 is 11.5 Å². The Labute approximate surface area is 175 Å².